The Morgan fingerprint density at radius 3 is 2.33 bits per heavy atom. The lowest BCUT2D eigenvalue weighted by Crippen LogP contribution is -2.18. The predicted molar refractivity (Wildman–Crippen MR) is 39.1 cm³/mol. The standard InChI is InChI=1S/C5H12N4/c1-4(2)5(7-3)8-9-6/h4,9H,3,6H2,1-2H3/b8-5-. The zero-order valence-electron chi connectivity index (χ0n) is 5.76. The van der Waals surface area contributed by atoms with Crippen LogP contribution in [-0.4, -0.2) is 12.6 Å². The van der Waals surface area contributed by atoms with E-state index in [0.29, 0.717) is 5.84 Å². The van der Waals surface area contributed by atoms with Crippen LogP contribution in [0.1, 0.15) is 13.8 Å². The van der Waals surface area contributed by atoms with Gasteiger partial charge in [0.15, 0.2) is 5.84 Å². The maximum absolute atomic E-state index is 4.92. The third-order valence-corrected chi connectivity index (χ3v) is 0.857. The number of hydrazine groups is 1. The van der Waals surface area contributed by atoms with E-state index in [2.05, 4.69) is 22.3 Å². The summed E-state index contributed by atoms with van der Waals surface area (Å²) in [6.07, 6.45) is 0. The van der Waals surface area contributed by atoms with Crippen molar-refractivity contribution in [2.75, 3.05) is 0 Å². The van der Waals surface area contributed by atoms with Crippen molar-refractivity contribution >= 4 is 12.6 Å². The summed E-state index contributed by atoms with van der Waals surface area (Å²) in [5.74, 6) is 5.80. The van der Waals surface area contributed by atoms with Crippen LogP contribution in [0.4, 0.5) is 0 Å². The smallest absolute Gasteiger partial charge is 0.151 e. The van der Waals surface area contributed by atoms with Crippen LogP contribution >= 0.6 is 0 Å². The molecule has 0 fully saturated rings. The summed E-state index contributed by atoms with van der Waals surface area (Å²) in [5.41, 5.74) is 2.15. The van der Waals surface area contributed by atoms with Gasteiger partial charge in [-0.15, -0.1) is 5.10 Å². The molecule has 0 amide bonds. The van der Waals surface area contributed by atoms with Crippen molar-refractivity contribution in [1.29, 1.82) is 0 Å². The molecule has 4 heteroatoms. The van der Waals surface area contributed by atoms with Gasteiger partial charge in [0, 0.05) is 5.92 Å². The second kappa shape index (κ2) is 4.03. The molecule has 0 atom stereocenters. The van der Waals surface area contributed by atoms with Crippen LogP contribution in [-0.2, 0) is 0 Å². The fourth-order valence-electron chi connectivity index (χ4n) is 0.413. The molecule has 0 saturated heterocycles. The summed E-state index contributed by atoms with van der Waals surface area (Å²) in [5, 5.41) is 3.66. The first kappa shape index (κ1) is 8.10. The van der Waals surface area contributed by atoms with Crippen LogP contribution < -0.4 is 11.4 Å². The van der Waals surface area contributed by atoms with Gasteiger partial charge in [-0.25, -0.2) is 16.4 Å². The molecule has 0 aromatic heterocycles. The zero-order chi connectivity index (χ0) is 7.28. The van der Waals surface area contributed by atoms with Crippen molar-refractivity contribution < 1.29 is 0 Å². The fraction of sp³-hybridized carbons (Fsp3) is 0.600. The lowest BCUT2D eigenvalue weighted by atomic mass is 10.2. The minimum atomic E-state index is 0.263. The molecule has 9 heavy (non-hydrogen) atoms. The zero-order valence-corrected chi connectivity index (χ0v) is 5.76. The lowest BCUT2D eigenvalue weighted by Gasteiger charge is -2.00. The number of hydrazone groups is 1. The molecule has 3 N–H and O–H groups in total. The first-order valence-corrected chi connectivity index (χ1v) is 2.72. The van der Waals surface area contributed by atoms with Gasteiger partial charge in [0.1, 0.15) is 0 Å². The molecular weight excluding hydrogens is 116 g/mol. The van der Waals surface area contributed by atoms with E-state index in [4.69, 9.17) is 5.84 Å². The summed E-state index contributed by atoms with van der Waals surface area (Å²) < 4.78 is 0. The van der Waals surface area contributed by atoms with Gasteiger partial charge >= 0.3 is 0 Å². The van der Waals surface area contributed by atoms with Crippen LogP contribution in [0.15, 0.2) is 10.1 Å². The number of amidine groups is 1. The van der Waals surface area contributed by atoms with Crippen LogP contribution in [0.25, 0.3) is 0 Å². The summed E-state index contributed by atoms with van der Waals surface area (Å²) in [4.78, 5) is 3.63. The Labute approximate surface area is 54.8 Å². The first-order valence-electron chi connectivity index (χ1n) is 2.72. The predicted octanol–water partition coefficient (Wildman–Crippen LogP) is 0.120. The highest BCUT2D eigenvalue weighted by atomic mass is 15.5. The van der Waals surface area contributed by atoms with Crippen molar-refractivity contribution in [3.63, 3.8) is 0 Å². The van der Waals surface area contributed by atoms with Gasteiger partial charge in [-0.05, 0) is 6.72 Å². The molecule has 0 bridgehead atoms. The number of nitrogens with zero attached hydrogens (tertiary/aromatic N) is 2. The molecule has 0 aliphatic carbocycles. The van der Waals surface area contributed by atoms with Crippen molar-refractivity contribution in [3.8, 4) is 0 Å². The van der Waals surface area contributed by atoms with E-state index in [0.717, 1.165) is 0 Å². The van der Waals surface area contributed by atoms with Gasteiger partial charge < -0.3 is 0 Å². The van der Waals surface area contributed by atoms with Crippen molar-refractivity contribution in [1.82, 2.24) is 5.53 Å². The van der Waals surface area contributed by atoms with Gasteiger partial charge in [-0.1, -0.05) is 13.8 Å². The highest BCUT2D eigenvalue weighted by molar-refractivity contribution is 5.87. The van der Waals surface area contributed by atoms with E-state index in [9.17, 15) is 0 Å². The Bertz CT molecular complexity index is 116. The highest BCUT2D eigenvalue weighted by Gasteiger charge is 1.99. The average Bonchev–Trinajstić information content (AvgIpc) is 1.82. The molecular formula is C5H12N4. The van der Waals surface area contributed by atoms with E-state index in [-0.39, 0.29) is 5.92 Å². The normalized spacial score (nSPS) is 11.8. The molecule has 0 aromatic carbocycles. The van der Waals surface area contributed by atoms with Crippen molar-refractivity contribution in [2.24, 2.45) is 21.9 Å². The third-order valence-electron chi connectivity index (χ3n) is 0.857. The minimum absolute atomic E-state index is 0.263. The Kier molecular flexibility index (Phi) is 3.62. The molecule has 0 unspecified atom stereocenters. The van der Waals surface area contributed by atoms with Crippen LogP contribution in [0.3, 0.4) is 0 Å². The van der Waals surface area contributed by atoms with Crippen LogP contribution in [0.2, 0.25) is 0 Å². The molecule has 0 spiro atoms. The average molecular weight is 128 g/mol. The quantitative estimate of drug-likeness (QED) is 0.240. The topological polar surface area (TPSA) is 62.8 Å². The molecule has 4 nitrogen and oxygen atoms in total. The summed E-state index contributed by atoms with van der Waals surface area (Å²) >= 11 is 0. The monoisotopic (exact) mass is 128 g/mol. The number of hydrogen-bond donors (Lipinski definition) is 2. The molecule has 0 heterocycles. The third kappa shape index (κ3) is 2.81. The molecule has 0 aliphatic rings. The minimum Gasteiger partial charge on any atom is -0.247 e. The first-order chi connectivity index (χ1) is 4.22. The van der Waals surface area contributed by atoms with E-state index in [1.165, 1.54) is 0 Å². The van der Waals surface area contributed by atoms with Gasteiger partial charge in [0.05, 0.1) is 0 Å². The molecule has 0 rings (SSSR count). The van der Waals surface area contributed by atoms with Crippen molar-refractivity contribution in [2.45, 2.75) is 13.8 Å². The van der Waals surface area contributed by atoms with Gasteiger partial charge in [-0.3, -0.25) is 0 Å². The Morgan fingerprint density at radius 2 is 2.22 bits per heavy atom. The Balaban J connectivity index is 3.97. The van der Waals surface area contributed by atoms with Crippen LogP contribution in [0.5, 0.6) is 0 Å². The second-order valence-corrected chi connectivity index (χ2v) is 1.91. The van der Waals surface area contributed by atoms with Gasteiger partial charge in [-0.2, -0.15) is 0 Å². The van der Waals surface area contributed by atoms with E-state index < -0.39 is 0 Å². The summed E-state index contributed by atoms with van der Waals surface area (Å²) in [6.45, 7) is 7.25. The van der Waals surface area contributed by atoms with E-state index >= 15 is 0 Å². The number of nitrogens with one attached hydrogen (secondary N) is 1. The molecule has 0 saturated carbocycles. The Hall–Kier alpha value is -0.900. The van der Waals surface area contributed by atoms with Gasteiger partial charge in [0.2, 0.25) is 0 Å². The van der Waals surface area contributed by atoms with Crippen LogP contribution in [0, 0.1) is 5.92 Å². The van der Waals surface area contributed by atoms with Crippen molar-refractivity contribution in [3.05, 3.63) is 0 Å². The number of nitrogens with two attached hydrogens (primary N) is 1. The van der Waals surface area contributed by atoms with E-state index in [1.54, 1.807) is 0 Å². The highest BCUT2D eigenvalue weighted by Crippen LogP contribution is 1.95. The summed E-state index contributed by atoms with van der Waals surface area (Å²) in [7, 11) is 0. The molecule has 52 valence electrons. The number of rotatable bonds is 2. The molecule has 0 aliphatic heterocycles. The maximum atomic E-state index is 4.92. The number of hydrogen-bond acceptors (Lipinski definition) is 3. The summed E-state index contributed by atoms with van der Waals surface area (Å²) in [6, 6.07) is 0. The molecule has 0 aromatic rings. The number of aliphatic imine (C=N–C) groups is 1. The molecule has 0 radical (unpaired) electrons. The Morgan fingerprint density at radius 1 is 1.67 bits per heavy atom. The van der Waals surface area contributed by atoms with E-state index in [1.807, 2.05) is 13.8 Å². The largest absolute Gasteiger partial charge is 0.247 e. The lowest BCUT2D eigenvalue weighted by molar-refractivity contribution is 0.768. The SMILES string of the molecule is C=N/C(=N\NN)C(C)C. The fourth-order valence-corrected chi connectivity index (χ4v) is 0.413. The van der Waals surface area contributed by atoms with Gasteiger partial charge in [0.25, 0.3) is 0 Å². The maximum Gasteiger partial charge on any atom is 0.151 e. The second-order valence-electron chi connectivity index (χ2n) is 1.91.